The number of nitrogens with one attached hydrogen (secondary N) is 2. The molecule has 0 fully saturated rings. The van der Waals surface area contributed by atoms with Gasteiger partial charge in [-0.3, -0.25) is 14.6 Å². The van der Waals surface area contributed by atoms with Gasteiger partial charge in [0.1, 0.15) is 12.7 Å². The average molecular weight is 274 g/mol. The lowest BCUT2D eigenvalue weighted by atomic mass is 10.1. The molecule has 1 aliphatic rings. The van der Waals surface area contributed by atoms with Crippen LogP contribution < -0.4 is 5.32 Å². The van der Waals surface area contributed by atoms with Gasteiger partial charge in [0.15, 0.2) is 0 Å². The second-order valence-electron chi connectivity index (χ2n) is 5.22. The fourth-order valence-corrected chi connectivity index (χ4v) is 2.57. The summed E-state index contributed by atoms with van der Waals surface area (Å²) in [6.07, 6.45) is 6.39. The van der Waals surface area contributed by atoms with E-state index in [4.69, 9.17) is 0 Å². The summed E-state index contributed by atoms with van der Waals surface area (Å²) in [5.74, 6) is -0.140. The minimum atomic E-state index is -0.149. The topological polar surface area (TPSA) is 88.5 Å². The standard InChI is InChI=1S/C13H18N6O/c1-9(6-19-8-14-7-16-19)13(20)15-5-12-10-3-2-4-11(10)17-18-12/h7-9H,2-6H2,1H3,(H,15,20)(H,17,18). The number of nitrogens with zero attached hydrogens (tertiary/aromatic N) is 4. The average Bonchev–Trinajstić information content (AvgIpc) is 3.13. The van der Waals surface area contributed by atoms with Crippen molar-refractivity contribution in [1.82, 2.24) is 30.3 Å². The third-order valence-corrected chi connectivity index (χ3v) is 3.70. The van der Waals surface area contributed by atoms with Crippen LogP contribution in [0.2, 0.25) is 0 Å². The largest absolute Gasteiger partial charge is 0.350 e. The third kappa shape index (κ3) is 2.56. The van der Waals surface area contributed by atoms with E-state index in [2.05, 4.69) is 25.6 Å². The Morgan fingerprint density at radius 2 is 2.45 bits per heavy atom. The van der Waals surface area contributed by atoms with Gasteiger partial charge in [-0.2, -0.15) is 10.2 Å². The Morgan fingerprint density at radius 3 is 3.25 bits per heavy atom. The summed E-state index contributed by atoms with van der Waals surface area (Å²) in [5.41, 5.74) is 3.48. The molecule has 106 valence electrons. The van der Waals surface area contributed by atoms with Crippen LogP contribution in [0.15, 0.2) is 12.7 Å². The lowest BCUT2D eigenvalue weighted by molar-refractivity contribution is -0.125. The summed E-state index contributed by atoms with van der Waals surface area (Å²) >= 11 is 0. The SMILES string of the molecule is CC(Cn1cncn1)C(=O)NCc1n[nH]c2c1CCC2. The van der Waals surface area contributed by atoms with Crippen molar-refractivity contribution in [1.29, 1.82) is 0 Å². The summed E-state index contributed by atoms with van der Waals surface area (Å²) in [6.45, 7) is 2.91. The number of carbonyl (C=O) groups is 1. The maximum atomic E-state index is 12.1. The van der Waals surface area contributed by atoms with E-state index in [1.54, 1.807) is 11.0 Å². The number of H-pyrrole nitrogens is 1. The fraction of sp³-hybridized carbons (Fsp3) is 0.538. The van der Waals surface area contributed by atoms with Gasteiger partial charge in [0.2, 0.25) is 5.91 Å². The van der Waals surface area contributed by atoms with E-state index in [1.807, 2.05) is 6.92 Å². The van der Waals surface area contributed by atoms with E-state index in [0.717, 1.165) is 18.5 Å². The van der Waals surface area contributed by atoms with Gasteiger partial charge in [-0.25, -0.2) is 4.98 Å². The second kappa shape index (κ2) is 5.44. The fourth-order valence-electron chi connectivity index (χ4n) is 2.57. The third-order valence-electron chi connectivity index (χ3n) is 3.70. The molecule has 1 aliphatic carbocycles. The number of hydrogen-bond acceptors (Lipinski definition) is 4. The smallest absolute Gasteiger partial charge is 0.225 e. The van der Waals surface area contributed by atoms with Crippen molar-refractivity contribution in [2.45, 2.75) is 39.3 Å². The summed E-state index contributed by atoms with van der Waals surface area (Å²) in [4.78, 5) is 15.9. The van der Waals surface area contributed by atoms with Gasteiger partial charge in [-0.05, 0) is 24.8 Å². The van der Waals surface area contributed by atoms with Crippen LogP contribution in [-0.4, -0.2) is 30.9 Å². The molecular formula is C13H18N6O. The Kier molecular flexibility index (Phi) is 3.49. The van der Waals surface area contributed by atoms with Crippen LogP contribution >= 0.6 is 0 Å². The van der Waals surface area contributed by atoms with Gasteiger partial charge in [0.25, 0.3) is 0 Å². The van der Waals surface area contributed by atoms with Crippen molar-refractivity contribution in [2.24, 2.45) is 5.92 Å². The van der Waals surface area contributed by atoms with Crippen LogP contribution in [-0.2, 0) is 30.7 Å². The van der Waals surface area contributed by atoms with Gasteiger partial charge in [-0.1, -0.05) is 6.92 Å². The van der Waals surface area contributed by atoms with Crippen molar-refractivity contribution < 1.29 is 4.79 Å². The highest BCUT2D eigenvalue weighted by molar-refractivity contribution is 5.78. The van der Waals surface area contributed by atoms with Crippen LogP contribution in [0.5, 0.6) is 0 Å². The van der Waals surface area contributed by atoms with E-state index < -0.39 is 0 Å². The van der Waals surface area contributed by atoms with Crippen LogP contribution in [0.3, 0.4) is 0 Å². The summed E-state index contributed by atoms with van der Waals surface area (Å²) in [7, 11) is 0. The Hall–Kier alpha value is -2.18. The predicted octanol–water partition coefficient (Wildman–Crippen LogP) is 0.442. The molecule has 7 heteroatoms. The number of hydrogen-bond donors (Lipinski definition) is 2. The maximum Gasteiger partial charge on any atom is 0.225 e. The summed E-state index contributed by atoms with van der Waals surface area (Å²) in [5, 5.41) is 14.3. The van der Waals surface area contributed by atoms with Gasteiger partial charge >= 0.3 is 0 Å². The number of aromatic amines is 1. The first-order valence-electron chi connectivity index (χ1n) is 6.89. The molecule has 20 heavy (non-hydrogen) atoms. The molecule has 2 aromatic rings. The monoisotopic (exact) mass is 274 g/mol. The molecule has 2 aromatic heterocycles. The minimum absolute atomic E-state index is 0.00949. The molecule has 0 saturated heterocycles. The quantitative estimate of drug-likeness (QED) is 0.828. The Labute approximate surface area is 116 Å². The first-order valence-corrected chi connectivity index (χ1v) is 6.89. The van der Waals surface area contributed by atoms with Gasteiger partial charge in [0, 0.05) is 5.69 Å². The highest BCUT2D eigenvalue weighted by Crippen LogP contribution is 2.22. The van der Waals surface area contributed by atoms with Gasteiger partial charge < -0.3 is 5.32 Å². The van der Waals surface area contributed by atoms with E-state index in [-0.39, 0.29) is 11.8 Å². The van der Waals surface area contributed by atoms with Crippen molar-refractivity contribution in [2.75, 3.05) is 0 Å². The molecule has 1 amide bonds. The molecular weight excluding hydrogens is 256 g/mol. The molecule has 2 heterocycles. The summed E-state index contributed by atoms with van der Waals surface area (Å²) < 4.78 is 1.66. The first-order chi connectivity index (χ1) is 9.74. The number of fused-ring (bicyclic) bond motifs is 1. The first kappa shape index (κ1) is 12.8. The molecule has 3 rings (SSSR count). The van der Waals surface area contributed by atoms with Crippen LogP contribution in [0.1, 0.15) is 30.3 Å². The molecule has 0 aliphatic heterocycles. The zero-order valence-corrected chi connectivity index (χ0v) is 11.5. The lowest BCUT2D eigenvalue weighted by Crippen LogP contribution is -2.31. The summed E-state index contributed by atoms with van der Waals surface area (Å²) in [6, 6.07) is 0. The molecule has 1 atom stereocenters. The highest BCUT2D eigenvalue weighted by atomic mass is 16.1. The highest BCUT2D eigenvalue weighted by Gasteiger charge is 2.19. The number of carbonyl (C=O) groups excluding carboxylic acids is 1. The maximum absolute atomic E-state index is 12.1. The molecule has 2 N–H and O–H groups in total. The zero-order chi connectivity index (χ0) is 13.9. The second-order valence-corrected chi connectivity index (χ2v) is 5.22. The molecule has 0 saturated carbocycles. The molecule has 1 unspecified atom stereocenters. The lowest BCUT2D eigenvalue weighted by Gasteiger charge is -2.11. The van der Waals surface area contributed by atoms with Gasteiger partial charge in [0.05, 0.1) is 24.7 Å². The van der Waals surface area contributed by atoms with Crippen LogP contribution in [0.4, 0.5) is 0 Å². The van der Waals surface area contributed by atoms with E-state index in [1.165, 1.54) is 24.0 Å². The predicted molar refractivity (Wildman–Crippen MR) is 71.6 cm³/mol. The number of rotatable bonds is 5. The number of aromatic nitrogens is 5. The van der Waals surface area contributed by atoms with Gasteiger partial charge in [-0.15, -0.1) is 0 Å². The Morgan fingerprint density at radius 1 is 1.55 bits per heavy atom. The van der Waals surface area contributed by atoms with E-state index >= 15 is 0 Å². The van der Waals surface area contributed by atoms with Crippen molar-refractivity contribution in [3.8, 4) is 0 Å². The van der Waals surface area contributed by atoms with Crippen molar-refractivity contribution >= 4 is 5.91 Å². The van der Waals surface area contributed by atoms with E-state index in [0.29, 0.717) is 13.1 Å². The molecule has 0 radical (unpaired) electrons. The number of aryl methyl sites for hydroxylation is 1. The molecule has 0 bridgehead atoms. The van der Waals surface area contributed by atoms with E-state index in [9.17, 15) is 4.79 Å². The Bertz CT molecular complexity index is 588. The minimum Gasteiger partial charge on any atom is -0.350 e. The molecule has 7 nitrogen and oxygen atoms in total. The molecule has 0 spiro atoms. The van der Waals surface area contributed by atoms with Crippen LogP contribution in [0.25, 0.3) is 0 Å². The van der Waals surface area contributed by atoms with Crippen molar-refractivity contribution in [3.63, 3.8) is 0 Å². The van der Waals surface area contributed by atoms with Crippen LogP contribution in [0, 0.1) is 5.92 Å². The van der Waals surface area contributed by atoms with Crippen molar-refractivity contribution in [3.05, 3.63) is 29.6 Å². The molecule has 0 aromatic carbocycles. The Balaban J connectivity index is 1.53. The number of amides is 1. The normalized spacial score (nSPS) is 15.1. The zero-order valence-electron chi connectivity index (χ0n) is 11.5.